The Balaban J connectivity index is 1.71. The molecule has 5 heteroatoms. The maximum atomic E-state index is 13.0. The molecular formula is C20H23FN2O2. The molecule has 1 atom stereocenters. The van der Waals surface area contributed by atoms with Gasteiger partial charge in [-0.15, -0.1) is 0 Å². The molecule has 3 rings (SSSR count). The van der Waals surface area contributed by atoms with Crippen molar-refractivity contribution in [1.82, 2.24) is 9.88 Å². The maximum Gasteiger partial charge on any atom is 0.249 e. The number of amides is 1. The van der Waals surface area contributed by atoms with Gasteiger partial charge in [0, 0.05) is 32.0 Å². The summed E-state index contributed by atoms with van der Waals surface area (Å²) in [6, 6.07) is 10.6. The van der Waals surface area contributed by atoms with Crippen molar-refractivity contribution in [3.8, 4) is 0 Å². The van der Waals surface area contributed by atoms with Crippen LogP contribution in [0.25, 0.3) is 0 Å². The van der Waals surface area contributed by atoms with Crippen LogP contribution in [0.1, 0.15) is 42.1 Å². The Bertz CT molecular complexity index is 701. The zero-order valence-corrected chi connectivity index (χ0v) is 14.5. The van der Waals surface area contributed by atoms with Gasteiger partial charge in [0.15, 0.2) is 0 Å². The van der Waals surface area contributed by atoms with Gasteiger partial charge in [-0.25, -0.2) is 4.39 Å². The summed E-state index contributed by atoms with van der Waals surface area (Å²) < 4.78 is 18.0. The molecule has 0 saturated carbocycles. The number of carbonyl (C=O) groups excluding carboxylic acids is 1. The maximum absolute atomic E-state index is 13.0. The van der Waals surface area contributed by atoms with Gasteiger partial charge in [-0.3, -0.25) is 9.78 Å². The first-order valence-corrected chi connectivity index (χ1v) is 8.65. The second-order valence-corrected chi connectivity index (χ2v) is 6.42. The lowest BCUT2D eigenvalue weighted by Crippen LogP contribution is -2.40. The van der Waals surface area contributed by atoms with Crippen LogP contribution in [0.4, 0.5) is 4.39 Å². The lowest BCUT2D eigenvalue weighted by Gasteiger charge is -2.35. The zero-order chi connectivity index (χ0) is 17.6. The summed E-state index contributed by atoms with van der Waals surface area (Å²) in [4.78, 5) is 18.7. The fourth-order valence-electron chi connectivity index (χ4n) is 3.33. The van der Waals surface area contributed by atoms with Crippen molar-refractivity contribution in [2.45, 2.75) is 31.7 Å². The number of hydrogen-bond acceptors (Lipinski definition) is 3. The Kier molecular flexibility index (Phi) is 5.76. The standard InChI is InChI=1S/C20H23FN2O2/c1-25-14-20(24)23-11-3-2-4-19(23)16-7-10-18(22-13-16)12-15-5-8-17(21)9-6-15/h5-10,13,19H,2-4,11-12,14H2,1H3/t19-/m1/s1. The molecule has 1 aliphatic heterocycles. The number of pyridine rings is 1. The number of halogens is 1. The van der Waals surface area contributed by atoms with Crippen molar-refractivity contribution in [1.29, 1.82) is 0 Å². The molecule has 1 aliphatic rings. The lowest BCUT2D eigenvalue weighted by molar-refractivity contribution is -0.139. The van der Waals surface area contributed by atoms with Crippen LogP contribution in [-0.2, 0) is 16.0 Å². The number of nitrogens with zero attached hydrogens (tertiary/aromatic N) is 2. The Morgan fingerprint density at radius 3 is 2.72 bits per heavy atom. The molecule has 132 valence electrons. The third-order valence-corrected chi connectivity index (χ3v) is 4.62. The molecule has 0 spiro atoms. The second-order valence-electron chi connectivity index (χ2n) is 6.42. The topological polar surface area (TPSA) is 42.4 Å². The van der Waals surface area contributed by atoms with Gasteiger partial charge in [-0.05, 0) is 48.6 Å². The third-order valence-electron chi connectivity index (χ3n) is 4.62. The van der Waals surface area contributed by atoms with E-state index in [-0.39, 0.29) is 24.4 Å². The minimum atomic E-state index is -0.231. The van der Waals surface area contributed by atoms with E-state index in [4.69, 9.17) is 4.74 Å². The highest BCUT2D eigenvalue weighted by Crippen LogP contribution is 2.30. The number of methoxy groups -OCH3 is 1. The predicted octanol–water partition coefficient (Wildman–Crippen LogP) is 3.51. The summed E-state index contributed by atoms with van der Waals surface area (Å²) in [6.45, 7) is 0.886. The normalized spacial score (nSPS) is 17.5. The third kappa shape index (κ3) is 4.42. The molecule has 0 bridgehead atoms. The van der Waals surface area contributed by atoms with Gasteiger partial charge in [0.25, 0.3) is 0 Å². The molecule has 0 N–H and O–H groups in total. The summed E-state index contributed by atoms with van der Waals surface area (Å²) in [5.41, 5.74) is 3.02. The van der Waals surface area contributed by atoms with Crippen LogP contribution >= 0.6 is 0 Å². The van der Waals surface area contributed by atoms with Crippen LogP contribution in [0.5, 0.6) is 0 Å². The van der Waals surface area contributed by atoms with Crippen LogP contribution in [-0.4, -0.2) is 36.1 Å². The highest BCUT2D eigenvalue weighted by atomic mass is 19.1. The molecule has 0 radical (unpaired) electrons. The number of carbonyl (C=O) groups is 1. The van der Waals surface area contributed by atoms with Crippen molar-refractivity contribution in [2.24, 2.45) is 0 Å². The van der Waals surface area contributed by atoms with Crippen LogP contribution in [0.15, 0.2) is 42.6 Å². The average Bonchev–Trinajstić information content (AvgIpc) is 2.64. The molecule has 25 heavy (non-hydrogen) atoms. The van der Waals surface area contributed by atoms with E-state index in [9.17, 15) is 9.18 Å². The van der Waals surface area contributed by atoms with Gasteiger partial charge >= 0.3 is 0 Å². The molecule has 0 unspecified atom stereocenters. The molecule has 1 amide bonds. The molecular weight excluding hydrogens is 319 g/mol. The largest absolute Gasteiger partial charge is 0.375 e. The van der Waals surface area contributed by atoms with E-state index < -0.39 is 0 Å². The predicted molar refractivity (Wildman–Crippen MR) is 93.6 cm³/mol. The van der Waals surface area contributed by atoms with E-state index >= 15 is 0 Å². The first-order valence-electron chi connectivity index (χ1n) is 8.65. The first kappa shape index (κ1) is 17.5. The highest BCUT2D eigenvalue weighted by Gasteiger charge is 2.27. The van der Waals surface area contributed by atoms with Crippen LogP contribution in [0.3, 0.4) is 0 Å². The Labute approximate surface area is 147 Å². The van der Waals surface area contributed by atoms with Gasteiger partial charge < -0.3 is 9.64 Å². The molecule has 1 aromatic carbocycles. The summed E-state index contributed by atoms with van der Waals surface area (Å²) in [6.07, 6.45) is 5.62. The van der Waals surface area contributed by atoms with E-state index in [2.05, 4.69) is 11.1 Å². The van der Waals surface area contributed by atoms with Crippen LogP contribution in [0, 0.1) is 5.82 Å². The SMILES string of the molecule is COCC(=O)N1CCCC[C@@H]1c1ccc(Cc2ccc(F)cc2)nc1. The van der Waals surface area contributed by atoms with Gasteiger partial charge in [-0.2, -0.15) is 0 Å². The highest BCUT2D eigenvalue weighted by molar-refractivity contribution is 5.78. The minimum Gasteiger partial charge on any atom is -0.375 e. The quantitative estimate of drug-likeness (QED) is 0.835. The average molecular weight is 342 g/mol. The monoisotopic (exact) mass is 342 g/mol. The Morgan fingerprint density at radius 1 is 1.24 bits per heavy atom. The van der Waals surface area contributed by atoms with E-state index in [1.807, 2.05) is 17.2 Å². The fraction of sp³-hybridized carbons (Fsp3) is 0.400. The number of rotatable bonds is 5. The van der Waals surface area contributed by atoms with Crippen molar-refractivity contribution < 1.29 is 13.9 Å². The zero-order valence-electron chi connectivity index (χ0n) is 14.5. The number of hydrogen-bond donors (Lipinski definition) is 0. The summed E-state index contributed by atoms with van der Waals surface area (Å²) in [7, 11) is 1.54. The summed E-state index contributed by atoms with van der Waals surface area (Å²) in [5.74, 6) is -0.201. The molecule has 1 fully saturated rings. The molecule has 2 heterocycles. The first-order chi connectivity index (χ1) is 12.2. The molecule has 0 aliphatic carbocycles. The van der Waals surface area contributed by atoms with Crippen molar-refractivity contribution >= 4 is 5.91 Å². The Hall–Kier alpha value is -2.27. The van der Waals surface area contributed by atoms with Crippen LogP contribution in [0.2, 0.25) is 0 Å². The van der Waals surface area contributed by atoms with Gasteiger partial charge in [0.1, 0.15) is 12.4 Å². The number of ether oxygens (including phenoxy) is 1. The van der Waals surface area contributed by atoms with Gasteiger partial charge in [-0.1, -0.05) is 18.2 Å². The number of benzene rings is 1. The Morgan fingerprint density at radius 2 is 2.04 bits per heavy atom. The molecule has 4 nitrogen and oxygen atoms in total. The minimum absolute atomic E-state index is 0.0302. The summed E-state index contributed by atoms with van der Waals surface area (Å²) in [5, 5.41) is 0. The molecule has 2 aromatic rings. The summed E-state index contributed by atoms with van der Waals surface area (Å²) >= 11 is 0. The van der Waals surface area contributed by atoms with E-state index in [1.165, 1.54) is 12.1 Å². The molecule has 1 aromatic heterocycles. The molecule has 1 saturated heterocycles. The van der Waals surface area contributed by atoms with E-state index in [0.717, 1.165) is 42.6 Å². The smallest absolute Gasteiger partial charge is 0.249 e. The number of piperidine rings is 1. The van der Waals surface area contributed by atoms with Crippen molar-refractivity contribution in [3.05, 3.63) is 65.2 Å². The van der Waals surface area contributed by atoms with Gasteiger partial charge in [0.2, 0.25) is 5.91 Å². The second kappa shape index (κ2) is 8.21. The van der Waals surface area contributed by atoms with Gasteiger partial charge in [0.05, 0.1) is 6.04 Å². The number of aromatic nitrogens is 1. The number of likely N-dealkylation sites (tertiary alicyclic amines) is 1. The van der Waals surface area contributed by atoms with E-state index in [1.54, 1.807) is 19.2 Å². The lowest BCUT2D eigenvalue weighted by atomic mass is 9.96. The van der Waals surface area contributed by atoms with Crippen molar-refractivity contribution in [3.63, 3.8) is 0 Å². The van der Waals surface area contributed by atoms with Crippen molar-refractivity contribution in [2.75, 3.05) is 20.3 Å². The fourth-order valence-corrected chi connectivity index (χ4v) is 3.33. The van der Waals surface area contributed by atoms with E-state index in [0.29, 0.717) is 6.42 Å². The van der Waals surface area contributed by atoms with Crippen LogP contribution < -0.4 is 0 Å².